The van der Waals surface area contributed by atoms with Crippen molar-refractivity contribution in [2.75, 3.05) is 6.54 Å². The van der Waals surface area contributed by atoms with Gasteiger partial charge in [0.05, 0.1) is 5.52 Å². The lowest BCUT2D eigenvalue weighted by molar-refractivity contribution is -0.141. The maximum atomic E-state index is 13.9. The second-order valence-corrected chi connectivity index (χ2v) is 8.67. The van der Waals surface area contributed by atoms with Gasteiger partial charge in [-0.2, -0.15) is 0 Å². The summed E-state index contributed by atoms with van der Waals surface area (Å²) >= 11 is 0. The standard InChI is InChI=1S/C29H28N4O3/c1-3-23-26(22-13-7-8-15-24(22)32(23)18-10-17-30)28-29(35)33(36-19(2)34)25-16-9-14-21(27(25)31-28)20-11-5-4-6-12-20/h4-9,11-16H,3,10,17-18,30H2,1-2H3. The Balaban J connectivity index is 1.90. The van der Waals surface area contributed by atoms with E-state index < -0.39 is 11.5 Å². The summed E-state index contributed by atoms with van der Waals surface area (Å²) in [6.45, 7) is 4.66. The van der Waals surface area contributed by atoms with Gasteiger partial charge in [0.2, 0.25) is 0 Å². The van der Waals surface area contributed by atoms with Crippen LogP contribution >= 0.6 is 0 Å². The van der Waals surface area contributed by atoms with Gasteiger partial charge in [0.15, 0.2) is 0 Å². The third-order valence-electron chi connectivity index (χ3n) is 6.38. The van der Waals surface area contributed by atoms with E-state index in [0.29, 0.717) is 24.0 Å². The molecule has 0 unspecified atom stereocenters. The molecule has 0 aliphatic heterocycles. The Labute approximate surface area is 208 Å². The monoisotopic (exact) mass is 480 g/mol. The molecule has 0 fully saturated rings. The van der Waals surface area contributed by atoms with Crippen LogP contribution in [0.2, 0.25) is 0 Å². The van der Waals surface area contributed by atoms with Crippen molar-refractivity contribution in [3.63, 3.8) is 0 Å². The smallest absolute Gasteiger partial charge is 0.330 e. The molecule has 182 valence electrons. The number of fused-ring (bicyclic) bond motifs is 2. The van der Waals surface area contributed by atoms with E-state index in [4.69, 9.17) is 15.6 Å². The summed E-state index contributed by atoms with van der Waals surface area (Å²) in [5.41, 5.74) is 11.2. The second kappa shape index (κ2) is 9.79. The Hall–Kier alpha value is -4.23. The molecule has 5 aromatic rings. The van der Waals surface area contributed by atoms with Crippen molar-refractivity contribution in [1.29, 1.82) is 0 Å². The predicted octanol–water partition coefficient (Wildman–Crippen LogP) is 4.57. The molecule has 0 aliphatic rings. The van der Waals surface area contributed by atoms with Crippen LogP contribution in [0, 0.1) is 0 Å². The van der Waals surface area contributed by atoms with Gasteiger partial charge in [-0.3, -0.25) is 4.79 Å². The Kier molecular flexibility index (Phi) is 6.40. The van der Waals surface area contributed by atoms with Gasteiger partial charge >= 0.3 is 11.5 Å². The van der Waals surface area contributed by atoms with E-state index in [9.17, 15) is 9.59 Å². The molecule has 0 aliphatic carbocycles. The van der Waals surface area contributed by atoms with E-state index >= 15 is 0 Å². The lowest BCUT2D eigenvalue weighted by Crippen LogP contribution is -2.32. The highest BCUT2D eigenvalue weighted by molar-refractivity contribution is 5.99. The molecule has 7 nitrogen and oxygen atoms in total. The number of hydrogen-bond donors (Lipinski definition) is 1. The Morgan fingerprint density at radius 2 is 1.69 bits per heavy atom. The third kappa shape index (κ3) is 3.97. The molecule has 5 rings (SSSR count). The van der Waals surface area contributed by atoms with Gasteiger partial charge in [-0.05, 0) is 37.1 Å². The van der Waals surface area contributed by atoms with E-state index in [2.05, 4.69) is 17.6 Å². The van der Waals surface area contributed by atoms with Crippen LogP contribution in [0.3, 0.4) is 0 Å². The zero-order chi connectivity index (χ0) is 25.2. The van der Waals surface area contributed by atoms with Crippen molar-refractivity contribution < 1.29 is 9.63 Å². The second-order valence-electron chi connectivity index (χ2n) is 8.67. The average molecular weight is 481 g/mol. The molecule has 2 aromatic heterocycles. The maximum Gasteiger partial charge on any atom is 0.330 e. The summed E-state index contributed by atoms with van der Waals surface area (Å²) in [7, 11) is 0. The molecule has 0 saturated carbocycles. The number of nitrogens with zero attached hydrogens (tertiary/aromatic N) is 3. The van der Waals surface area contributed by atoms with Crippen LogP contribution in [-0.2, 0) is 17.8 Å². The van der Waals surface area contributed by atoms with Crippen LogP contribution in [0.4, 0.5) is 0 Å². The molecular weight excluding hydrogens is 452 g/mol. The normalized spacial score (nSPS) is 11.3. The van der Waals surface area contributed by atoms with Crippen molar-refractivity contribution in [1.82, 2.24) is 14.3 Å². The fraction of sp³-hybridized carbons (Fsp3) is 0.207. The van der Waals surface area contributed by atoms with E-state index in [1.165, 1.54) is 6.92 Å². The number of benzene rings is 3. The van der Waals surface area contributed by atoms with Gasteiger partial charge in [0.25, 0.3) is 0 Å². The minimum atomic E-state index is -0.582. The number of para-hydroxylation sites is 2. The molecule has 2 N–H and O–H groups in total. The Morgan fingerprint density at radius 1 is 0.972 bits per heavy atom. The van der Waals surface area contributed by atoms with Gasteiger partial charge < -0.3 is 15.1 Å². The molecule has 0 atom stereocenters. The highest BCUT2D eigenvalue weighted by Crippen LogP contribution is 2.35. The number of nitrogens with two attached hydrogens (primary N) is 1. The highest BCUT2D eigenvalue weighted by Gasteiger charge is 2.24. The molecule has 0 amide bonds. The van der Waals surface area contributed by atoms with Crippen LogP contribution in [0.25, 0.3) is 44.3 Å². The first-order valence-electron chi connectivity index (χ1n) is 12.2. The average Bonchev–Trinajstić information content (AvgIpc) is 3.22. The van der Waals surface area contributed by atoms with E-state index in [0.717, 1.165) is 51.0 Å². The van der Waals surface area contributed by atoms with Crippen molar-refractivity contribution in [3.8, 4) is 22.4 Å². The van der Waals surface area contributed by atoms with Gasteiger partial charge in [-0.1, -0.05) is 67.6 Å². The number of hydrogen-bond acceptors (Lipinski definition) is 5. The van der Waals surface area contributed by atoms with Gasteiger partial charge in [-0.25, -0.2) is 9.78 Å². The van der Waals surface area contributed by atoms with E-state index in [1.807, 2.05) is 60.7 Å². The maximum absolute atomic E-state index is 13.9. The minimum absolute atomic E-state index is 0.256. The molecule has 3 aromatic carbocycles. The SMILES string of the molecule is CCc1c(-c2nc3c(-c4ccccc4)cccc3n(OC(C)=O)c2=O)c2ccccc2n1CCCN. The van der Waals surface area contributed by atoms with Crippen LogP contribution in [0.1, 0.15) is 26.0 Å². The van der Waals surface area contributed by atoms with Crippen LogP contribution < -0.4 is 16.1 Å². The van der Waals surface area contributed by atoms with Crippen LogP contribution in [0.15, 0.2) is 77.6 Å². The van der Waals surface area contributed by atoms with Gasteiger partial charge in [0, 0.05) is 41.2 Å². The summed E-state index contributed by atoms with van der Waals surface area (Å²) in [4.78, 5) is 36.4. The summed E-state index contributed by atoms with van der Waals surface area (Å²) < 4.78 is 3.31. The first-order valence-corrected chi connectivity index (χ1v) is 12.2. The highest BCUT2D eigenvalue weighted by atomic mass is 16.7. The van der Waals surface area contributed by atoms with Crippen molar-refractivity contribution in [3.05, 3.63) is 88.8 Å². The lowest BCUT2D eigenvalue weighted by atomic mass is 10.0. The van der Waals surface area contributed by atoms with Crippen molar-refractivity contribution >= 4 is 27.9 Å². The van der Waals surface area contributed by atoms with E-state index in [-0.39, 0.29) is 5.69 Å². The van der Waals surface area contributed by atoms with Crippen LogP contribution in [-0.4, -0.2) is 26.8 Å². The molecule has 0 spiro atoms. The van der Waals surface area contributed by atoms with Crippen molar-refractivity contribution in [2.45, 2.75) is 33.2 Å². The Bertz CT molecular complexity index is 1630. The molecule has 36 heavy (non-hydrogen) atoms. The molecular formula is C29H28N4O3. The largest absolute Gasteiger partial charge is 0.344 e. The molecule has 0 saturated heterocycles. The summed E-state index contributed by atoms with van der Waals surface area (Å²) in [5, 5.41) is 0.932. The third-order valence-corrected chi connectivity index (χ3v) is 6.38. The van der Waals surface area contributed by atoms with E-state index in [1.54, 1.807) is 6.07 Å². The molecule has 0 radical (unpaired) electrons. The predicted molar refractivity (Wildman–Crippen MR) is 143 cm³/mol. The van der Waals surface area contributed by atoms with Crippen LogP contribution in [0.5, 0.6) is 0 Å². The van der Waals surface area contributed by atoms with Crippen molar-refractivity contribution in [2.24, 2.45) is 5.73 Å². The molecule has 7 heteroatoms. The van der Waals surface area contributed by atoms with Gasteiger partial charge in [-0.15, -0.1) is 4.73 Å². The number of rotatable bonds is 7. The fourth-order valence-electron chi connectivity index (χ4n) is 4.90. The lowest BCUT2D eigenvalue weighted by Gasteiger charge is -2.14. The quantitative estimate of drug-likeness (QED) is 0.368. The summed E-state index contributed by atoms with van der Waals surface area (Å²) in [6, 6.07) is 23.4. The zero-order valence-electron chi connectivity index (χ0n) is 20.4. The zero-order valence-corrected chi connectivity index (χ0v) is 20.4. The molecule has 0 bridgehead atoms. The fourth-order valence-corrected chi connectivity index (χ4v) is 4.90. The summed E-state index contributed by atoms with van der Waals surface area (Å²) in [6.07, 6.45) is 1.51. The number of carbonyl (C=O) groups is 1. The molecule has 2 heterocycles. The first-order chi connectivity index (χ1) is 17.5. The summed E-state index contributed by atoms with van der Waals surface area (Å²) in [5.74, 6) is -0.582. The number of carbonyl (C=O) groups excluding carboxylic acids is 1. The topological polar surface area (TPSA) is 92.1 Å². The Morgan fingerprint density at radius 3 is 2.42 bits per heavy atom. The van der Waals surface area contributed by atoms with Gasteiger partial charge in [0.1, 0.15) is 11.2 Å². The minimum Gasteiger partial charge on any atom is -0.344 e. The first kappa shape index (κ1) is 23.5. The number of aromatic nitrogens is 3. The number of aryl methyl sites for hydroxylation is 1.